The van der Waals surface area contributed by atoms with E-state index < -0.39 is 12.2 Å². The SMILES string of the molecule is CCCCN(C)CCCOC(=O)Nc1ccc(NC(=O)OCCCN(C)CCCC)cc1. The lowest BCUT2D eigenvalue weighted by molar-refractivity contribution is 0.153. The van der Waals surface area contributed by atoms with Crippen LogP contribution in [0.5, 0.6) is 0 Å². The number of carbonyl (C=O) groups is 2. The van der Waals surface area contributed by atoms with Crippen LogP contribution in [-0.4, -0.2) is 75.5 Å². The second-order valence-electron chi connectivity index (χ2n) is 8.12. The van der Waals surface area contributed by atoms with E-state index in [1.165, 1.54) is 25.7 Å². The number of unbranched alkanes of at least 4 members (excludes halogenated alkanes) is 2. The molecule has 0 fully saturated rings. The number of ether oxygens (including phenoxy) is 2. The molecule has 1 aromatic rings. The summed E-state index contributed by atoms with van der Waals surface area (Å²) < 4.78 is 10.4. The van der Waals surface area contributed by atoms with Gasteiger partial charge in [-0.3, -0.25) is 10.6 Å². The van der Waals surface area contributed by atoms with E-state index in [-0.39, 0.29) is 0 Å². The average Bonchev–Trinajstić information content (AvgIpc) is 2.78. The molecule has 0 atom stereocenters. The maximum Gasteiger partial charge on any atom is 0.411 e. The van der Waals surface area contributed by atoms with Crippen LogP contribution in [0.2, 0.25) is 0 Å². The number of hydrogen-bond acceptors (Lipinski definition) is 6. The molecule has 0 radical (unpaired) electrons. The molecule has 1 rings (SSSR count). The quantitative estimate of drug-likeness (QED) is 0.344. The van der Waals surface area contributed by atoms with Gasteiger partial charge in [-0.25, -0.2) is 9.59 Å². The summed E-state index contributed by atoms with van der Waals surface area (Å²) in [5.41, 5.74) is 1.20. The number of amides is 2. The van der Waals surface area contributed by atoms with E-state index in [0.717, 1.165) is 39.0 Å². The molecule has 0 aromatic heterocycles. The maximum absolute atomic E-state index is 11.9. The van der Waals surface area contributed by atoms with Crippen LogP contribution in [0.15, 0.2) is 24.3 Å². The molecular formula is C24H42N4O4. The Hall–Kier alpha value is -2.32. The summed E-state index contributed by atoms with van der Waals surface area (Å²) in [7, 11) is 4.16. The zero-order valence-corrected chi connectivity index (χ0v) is 20.3. The average molecular weight is 451 g/mol. The van der Waals surface area contributed by atoms with Crippen molar-refractivity contribution in [2.45, 2.75) is 52.4 Å². The third-order valence-corrected chi connectivity index (χ3v) is 5.00. The Morgan fingerprint density at radius 1 is 0.688 bits per heavy atom. The normalized spacial score (nSPS) is 10.9. The predicted molar refractivity (Wildman–Crippen MR) is 130 cm³/mol. The largest absolute Gasteiger partial charge is 0.449 e. The minimum absolute atomic E-state index is 0.377. The molecule has 0 aliphatic heterocycles. The zero-order valence-electron chi connectivity index (χ0n) is 20.3. The second kappa shape index (κ2) is 17.3. The Kier molecular flexibility index (Phi) is 14.9. The number of benzene rings is 1. The van der Waals surface area contributed by atoms with Gasteiger partial charge >= 0.3 is 12.2 Å². The number of anilines is 2. The Balaban J connectivity index is 2.20. The standard InChI is InChI=1S/C24H42N4O4/c1-5-7-15-27(3)17-9-19-31-23(29)25-21-11-13-22(14-12-21)26-24(30)32-20-10-18-28(4)16-8-6-2/h11-14H,5-10,15-20H2,1-4H3,(H,25,29)(H,26,30). The van der Waals surface area contributed by atoms with Gasteiger partial charge in [0.1, 0.15) is 0 Å². The fourth-order valence-electron chi connectivity index (χ4n) is 3.02. The van der Waals surface area contributed by atoms with Gasteiger partial charge in [0, 0.05) is 24.5 Å². The number of hydrogen-bond donors (Lipinski definition) is 2. The van der Waals surface area contributed by atoms with Crippen LogP contribution >= 0.6 is 0 Å². The van der Waals surface area contributed by atoms with Crippen molar-refractivity contribution in [2.75, 3.05) is 64.1 Å². The number of rotatable bonds is 16. The first-order chi connectivity index (χ1) is 15.4. The predicted octanol–water partition coefficient (Wildman–Crippen LogP) is 5.03. The molecule has 0 spiro atoms. The van der Waals surface area contributed by atoms with Gasteiger partial charge in [-0.15, -0.1) is 0 Å². The van der Waals surface area contributed by atoms with Crippen LogP contribution in [0.4, 0.5) is 21.0 Å². The summed E-state index contributed by atoms with van der Waals surface area (Å²) in [5, 5.41) is 5.38. The van der Waals surface area contributed by atoms with E-state index in [2.05, 4.69) is 48.4 Å². The molecule has 0 unspecified atom stereocenters. The Labute approximate surface area is 193 Å². The smallest absolute Gasteiger partial charge is 0.411 e. The van der Waals surface area contributed by atoms with Crippen molar-refractivity contribution in [1.82, 2.24) is 9.80 Å². The first kappa shape index (κ1) is 27.7. The van der Waals surface area contributed by atoms with Crippen LogP contribution in [0, 0.1) is 0 Å². The molecule has 182 valence electrons. The van der Waals surface area contributed by atoms with Crippen molar-refractivity contribution < 1.29 is 19.1 Å². The van der Waals surface area contributed by atoms with Crippen LogP contribution in [0.1, 0.15) is 52.4 Å². The molecule has 0 aliphatic rings. The van der Waals surface area contributed by atoms with Crippen LogP contribution < -0.4 is 10.6 Å². The van der Waals surface area contributed by atoms with Crippen molar-refractivity contribution in [2.24, 2.45) is 0 Å². The number of nitrogens with zero attached hydrogens (tertiary/aromatic N) is 2. The summed E-state index contributed by atoms with van der Waals surface area (Å²) >= 11 is 0. The van der Waals surface area contributed by atoms with Crippen molar-refractivity contribution >= 4 is 23.6 Å². The topological polar surface area (TPSA) is 83.1 Å². The molecule has 1 aromatic carbocycles. The van der Waals surface area contributed by atoms with Crippen LogP contribution in [0.3, 0.4) is 0 Å². The Bertz CT molecular complexity index is 584. The van der Waals surface area contributed by atoms with E-state index in [4.69, 9.17) is 9.47 Å². The fraction of sp³-hybridized carbons (Fsp3) is 0.667. The van der Waals surface area contributed by atoms with Crippen LogP contribution in [-0.2, 0) is 9.47 Å². The van der Waals surface area contributed by atoms with Crippen LogP contribution in [0.25, 0.3) is 0 Å². The summed E-state index contributed by atoms with van der Waals surface area (Å²) in [5.74, 6) is 0. The number of carbonyl (C=O) groups excluding carboxylic acids is 2. The number of nitrogens with one attached hydrogen (secondary N) is 2. The molecular weight excluding hydrogens is 408 g/mol. The molecule has 2 N–H and O–H groups in total. The van der Waals surface area contributed by atoms with Gasteiger partial charge in [0.05, 0.1) is 13.2 Å². The second-order valence-corrected chi connectivity index (χ2v) is 8.12. The Morgan fingerprint density at radius 2 is 1.03 bits per heavy atom. The molecule has 0 bridgehead atoms. The molecule has 0 heterocycles. The van der Waals surface area contributed by atoms with Gasteiger partial charge in [0.25, 0.3) is 0 Å². The minimum Gasteiger partial charge on any atom is -0.449 e. The van der Waals surface area contributed by atoms with Gasteiger partial charge in [-0.1, -0.05) is 26.7 Å². The van der Waals surface area contributed by atoms with Crippen molar-refractivity contribution in [1.29, 1.82) is 0 Å². The molecule has 0 saturated carbocycles. The molecule has 8 nitrogen and oxygen atoms in total. The highest BCUT2D eigenvalue weighted by molar-refractivity contribution is 5.87. The summed E-state index contributed by atoms with van der Waals surface area (Å²) in [6, 6.07) is 6.83. The van der Waals surface area contributed by atoms with E-state index in [0.29, 0.717) is 24.6 Å². The van der Waals surface area contributed by atoms with Crippen molar-refractivity contribution in [3.05, 3.63) is 24.3 Å². The summed E-state index contributed by atoms with van der Waals surface area (Å²) in [6.45, 7) is 9.03. The molecule has 32 heavy (non-hydrogen) atoms. The van der Waals surface area contributed by atoms with Gasteiger partial charge in [0.2, 0.25) is 0 Å². The lowest BCUT2D eigenvalue weighted by Crippen LogP contribution is -2.23. The van der Waals surface area contributed by atoms with E-state index in [1.807, 2.05) is 0 Å². The first-order valence-corrected chi connectivity index (χ1v) is 11.8. The lowest BCUT2D eigenvalue weighted by Gasteiger charge is -2.16. The molecule has 2 amide bonds. The first-order valence-electron chi connectivity index (χ1n) is 11.8. The highest BCUT2D eigenvalue weighted by Crippen LogP contribution is 2.14. The van der Waals surface area contributed by atoms with Crippen molar-refractivity contribution in [3.8, 4) is 0 Å². The molecule has 8 heteroatoms. The third kappa shape index (κ3) is 13.9. The monoisotopic (exact) mass is 450 g/mol. The minimum atomic E-state index is -0.481. The lowest BCUT2D eigenvalue weighted by atomic mass is 10.3. The summed E-state index contributed by atoms with van der Waals surface area (Å²) in [6.07, 6.45) is 5.34. The van der Waals surface area contributed by atoms with Crippen molar-refractivity contribution in [3.63, 3.8) is 0 Å². The third-order valence-electron chi connectivity index (χ3n) is 5.00. The maximum atomic E-state index is 11.9. The Morgan fingerprint density at radius 3 is 1.38 bits per heavy atom. The highest BCUT2D eigenvalue weighted by atomic mass is 16.6. The highest BCUT2D eigenvalue weighted by Gasteiger charge is 2.07. The molecule has 0 saturated heterocycles. The van der Waals surface area contributed by atoms with Gasteiger partial charge in [-0.05, 0) is 77.1 Å². The van der Waals surface area contributed by atoms with Gasteiger partial charge in [0.15, 0.2) is 0 Å². The van der Waals surface area contributed by atoms with E-state index in [9.17, 15) is 9.59 Å². The van der Waals surface area contributed by atoms with E-state index >= 15 is 0 Å². The zero-order chi connectivity index (χ0) is 23.6. The molecule has 0 aliphatic carbocycles. The fourth-order valence-corrected chi connectivity index (χ4v) is 3.02. The summed E-state index contributed by atoms with van der Waals surface area (Å²) in [4.78, 5) is 28.3. The van der Waals surface area contributed by atoms with E-state index in [1.54, 1.807) is 24.3 Å². The van der Waals surface area contributed by atoms with Gasteiger partial charge in [-0.2, -0.15) is 0 Å². The van der Waals surface area contributed by atoms with Gasteiger partial charge < -0.3 is 19.3 Å².